The molecular weight excluding hydrogens is 486 g/mol. The van der Waals surface area contributed by atoms with E-state index in [0.717, 1.165) is 28.1 Å². The molecule has 0 aliphatic carbocycles. The zero-order valence-corrected chi connectivity index (χ0v) is 22.5. The summed E-state index contributed by atoms with van der Waals surface area (Å²) in [6.07, 6.45) is 7.33. The minimum atomic E-state index is -0.0744. The molecule has 0 unspecified atom stereocenters. The van der Waals surface area contributed by atoms with E-state index in [2.05, 4.69) is 27.5 Å². The molecule has 8 nitrogen and oxygen atoms in total. The van der Waals surface area contributed by atoms with Crippen molar-refractivity contribution in [1.82, 2.24) is 20.1 Å². The first kappa shape index (κ1) is 27.1. The number of aryl methyl sites for hydroxylation is 1. The molecular formula is C31H33N7O. The second-order valence-corrected chi connectivity index (χ2v) is 9.04. The zero-order chi connectivity index (χ0) is 27.6. The lowest BCUT2D eigenvalue weighted by molar-refractivity contribution is -0.119. The number of aliphatic imine (C=N–C) groups is 1. The van der Waals surface area contributed by atoms with Crippen LogP contribution in [0.3, 0.4) is 0 Å². The number of nitrogens with zero attached hydrogens (tertiary/aromatic N) is 5. The molecule has 39 heavy (non-hydrogen) atoms. The summed E-state index contributed by atoms with van der Waals surface area (Å²) in [5.74, 6) is 0.276. The van der Waals surface area contributed by atoms with Gasteiger partial charge in [0.15, 0.2) is 5.84 Å². The fourth-order valence-electron chi connectivity index (χ4n) is 4.16. The molecule has 0 saturated heterocycles. The fourth-order valence-corrected chi connectivity index (χ4v) is 4.16. The van der Waals surface area contributed by atoms with Crippen LogP contribution in [0.2, 0.25) is 0 Å². The van der Waals surface area contributed by atoms with Crippen molar-refractivity contribution in [3.63, 3.8) is 0 Å². The van der Waals surface area contributed by atoms with E-state index in [0.29, 0.717) is 24.6 Å². The van der Waals surface area contributed by atoms with Crippen molar-refractivity contribution in [3.05, 3.63) is 125 Å². The molecule has 1 amide bonds. The summed E-state index contributed by atoms with van der Waals surface area (Å²) in [4.78, 5) is 15.6. The van der Waals surface area contributed by atoms with Gasteiger partial charge in [-0.25, -0.2) is 10.0 Å². The number of rotatable bonds is 7. The number of nitrogens with two attached hydrogens (primary N) is 1. The van der Waals surface area contributed by atoms with Crippen molar-refractivity contribution in [1.29, 1.82) is 0 Å². The third-order valence-electron chi connectivity index (χ3n) is 5.93. The molecule has 1 aliphatic rings. The van der Waals surface area contributed by atoms with Gasteiger partial charge >= 0.3 is 0 Å². The number of allylic oxidation sites excluding steroid dienone is 1. The van der Waals surface area contributed by atoms with Crippen LogP contribution in [0.25, 0.3) is 11.8 Å². The maximum absolute atomic E-state index is 11.4. The van der Waals surface area contributed by atoms with E-state index >= 15 is 0 Å². The molecule has 0 fully saturated rings. The molecule has 2 heterocycles. The molecule has 3 aromatic rings. The van der Waals surface area contributed by atoms with Crippen molar-refractivity contribution in [2.45, 2.75) is 33.9 Å². The lowest BCUT2D eigenvalue weighted by Gasteiger charge is -2.27. The molecule has 1 aliphatic heterocycles. The lowest BCUT2D eigenvalue weighted by Crippen LogP contribution is -2.30. The highest BCUT2D eigenvalue weighted by atomic mass is 16.1. The minimum Gasteiger partial charge on any atom is -0.382 e. The van der Waals surface area contributed by atoms with E-state index in [-0.39, 0.29) is 5.91 Å². The number of hydrogen-bond acceptors (Lipinski definition) is 6. The molecule has 0 spiro atoms. The highest BCUT2D eigenvalue weighted by Gasteiger charge is 2.21. The molecule has 0 radical (unpaired) electrons. The Morgan fingerprint density at radius 3 is 2.54 bits per heavy atom. The Morgan fingerprint density at radius 2 is 1.77 bits per heavy atom. The van der Waals surface area contributed by atoms with Crippen molar-refractivity contribution in [3.8, 4) is 0 Å². The number of nitrogens with one attached hydrogen (secondary N) is 1. The SMILES string of the molecule is C/C=C(/c1cccc(CNC(C)=O)c1)N1N=CN=C(N)/C1=C\c1ccccn(Cc2ccccc2)nc(C)c1. The van der Waals surface area contributed by atoms with E-state index in [4.69, 9.17) is 10.8 Å². The van der Waals surface area contributed by atoms with Gasteiger partial charge in [-0.3, -0.25) is 9.48 Å². The van der Waals surface area contributed by atoms with E-state index in [1.54, 1.807) is 5.01 Å². The average molecular weight is 520 g/mol. The first-order valence-electron chi connectivity index (χ1n) is 12.7. The van der Waals surface area contributed by atoms with Gasteiger partial charge in [-0.1, -0.05) is 66.7 Å². The number of amides is 1. The van der Waals surface area contributed by atoms with Gasteiger partial charge in [-0.05, 0) is 54.8 Å². The fraction of sp³-hybridized carbons (Fsp3) is 0.161. The maximum atomic E-state index is 11.4. The van der Waals surface area contributed by atoms with Gasteiger partial charge in [0.1, 0.15) is 12.0 Å². The Morgan fingerprint density at radius 1 is 1.00 bits per heavy atom. The number of hydrogen-bond donors (Lipinski definition) is 2. The summed E-state index contributed by atoms with van der Waals surface area (Å²) >= 11 is 0. The van der Waals surface area contributed by atoms with Gasteiger partial charge in [0.2, 0.25) is 5.91 Å². The van der Waals surface area contributed by atoms with Crippen LogP contribution in [0.1, 0.15) is 41.8 Å². The Labute approximate surface area is 229 Å². The number of aromatic nitrogens is 2. The van der Waals surface area contributed by atoms with Crippen molar-refractivity contribution in [2.75, 3.05) is 0 Å². The number of amidine groups is 1. The highest BCUT2D eigenvalue weighted by Crippen LogP contribution is 2.27. The first-order chi connectivity index (χ1) is 18.9. The topological polar surface area (TPSA) is 101 Å². The summed E-state index contributed by atoms with van der Waals surface area (Å²) in [6, 6.07) is 26.1. The van der Waals surface area contributed by atoms with Crippen LogP contribution in [-0.4, -0.2) is 32.9 Å². The molecule has 4 rings (SSSR count). The summed E-state index contributed by atoms with van der Waals surface area (Å²) in [5.41, 5.74) is 12.7. The zero-order valence-electron chi connectivity index (χ0n) is 22.5. The van der Waals surface area contributed by atoms with Crippen molar-refractivity contribution < 1.29 is 4.79 Å². The third kappa shape index (κ3) is 7.52. The van der Waals surface area contributed by atoms with Gasteiger partial charge in [-0.15, -0.1) is 0 Å². The summed E-state index contributed by atoms with van der Waals surface area (Å²) in [7, 11) is 0. The Bertz CT molecular complexity index is 1500. The van der Waals surface area contributed by atoms with Crippen molar-refractivity contribution in [2.24, 2.45) is 15.8 Å². The predicted octanol–water partition coefficient (Wildman–Crippen LogP) is 5.02. The molecule has 198 valence electrons. The Kier molecular flexibility index (Phi) is 9.03. The molecule has 0 saturated carbocycles. The van der Waals surface area contributed by atoms with E-state index < -0.39 is 0 Å². The number of benzene rings is 2. The normalized spacial score (nSPS) is 14.1. The summed E-state index contributed by atoms with van der Waals surface area (Å²) < 4.78 is 1.92. The van der Waals surface area contributed by atoms with Crippen LogP contribution in [0.4, 0.5) is 0 Å². The van der Waals surface area contributed by atoms with E-state index in [1.807, 2.05) is 104 Å². The molecule has 0 atom stereocenters. The van der Waals surface area contributed by atoms with Gasteiger partial charge in [0, 0.05) is 25.2 Å². The number of hydrazone groups is 1. The number of carbonyl (C=O) groups is 1. The molecule has 8 heteroatoms. The Balaban J connectivity index is 1.69. The van der Waals surface area contributed by atoms with Crippen LogP contribution < -0.4 is 11.1 Å². The lowest BCUT2D eigenvalue weighted by atomic mass is 10.1. The standard InChI is InChI=1S/C31H33N7O/c1-4-29(28-15-10-14-27(18-28)20-33-24(3)39)38-30(31(32)34-22-35-38)19-26-13-8-9-16-37(36-23(2)17-26)21-25-11-6-5-7-12-25/h4-19,22H,20-21H2,1-3H3,(H,33,39)(H2,32,34,35)/b13-8?,16-9?,26-17?,29-4-,30-19+,36-23?. The molecule has 3 N–H and O–H groups in total. The largest absolute Gasteiger partial charge is 0.382 e. The van der Waals surface area contributed by atoms with Crippen LogP contribution in [0.15, 0.2) is 107 Å². The van der Waals surface area contributed by atoms with E-state index in [1.165, 1.54) is 18.8 Å². The monoisotopic (exact) mass is 519 g/mol. The van der Waals surface area contributed by atoms with Gasteiger partial charge in [0.05, 0.1) is 17.9 Å². The molecule has 1 aromatic heterocycles. The van der Waals surface area contributed by atoms with Gasteiger partial charge in [0.25, 0.3) is 0 Å². The second kappa shape index (κ2) is 13.0. The minimum absolute atomic E-state index is 0.0744. The summed E-state index contributed by atoms with van der Waals surface area (Å²) in [5, 5.41) is 14.0. The molecule has 2 aromatic carbocycles. The highest BCUT2D eigenvalue weighted by molar-refractivity contribution is 6.06. The van der Waals surface area contributed by atoms with Crippen molar-refractivity contribution >= 4 is 29.9 Å². The van der Waals surface area contributed by atoms with Gasteiger partial charge in [-0.2, -0.15) is 10.2 Å². The quantitative estimate of drug-likeness (QED) is 0.458. The van der Waals surface area contributed by atoms with Crippen LogP contribution in [0, 0.1) is 6.92 Å². The maximum Gasteiger partial charge on any atom is 0.217 e. The number of carbonyl (C=O) groups excluding carboxylic acids is 1. The second-order valence-electron chi connectivity index (χ2n) is 9.04. The Hall–Kier alpha value is -4.98. The van der Waals surface area contributed by atoms with Gasteiger partial charge < -0.3 is 11.1 Å². The predicted molar refractivity (Wildman–Crippen MR) is 158 cm³/mol. The van der Waals surface area contributed by atoms with Crippen LogP contribution in [0.5, 0.6) is 0 Å². The smallest absolute Gasteiger partial charge is 0.217 e. The first-order valence-corrected chi connectivity index (χ1v) is 12.7. The summed E-state index contributed by atoms with van der Waals surface area (Å²) in [6.45, 7) is 6.54. The molecule has 0 bridgehead atoms. The third-order valence-corrected chi connectivity index (χ3v) is 5.93. The van der Waals surface area contributed by atoms with Crippen LogP contribution >= 0.6 is 0 Å². The van der Waals surface area contributed by atoms with Crippen LogP contribution in [-0.2, 0) is 17.9 Å². The average Bonchev–Trinajstić information content (AvgIpc) is 3.00. The van der Waals surface area contributed by atoms with E-state index in [9.17, 15) is 4.79 Å².